The molecule has 1 aliphatic rings. The van der Waals surface area contributed by atoms with Gasteiger partial charge in [0.15, 0.2) is 17.8 Å². The van der Waals surface area contributed by atoms with Crippen LogP contribution in [0.1, 0.15) is 37.8 Å². The number of hydrogen-bond acceptors (Lipinski definition) is 5. The van der Waals surface area contributed by atoms with E-state index in [1.165, 1.54) is 52.1 Å². The number of benzene rings is 2. The van der Waals surface area contributed by atoms with E-state index in [0.717, 1.165) is 17.0 Å². The van der Waals surface area contributed by atoms with Gasteiger partial charge in [-0.1, -0.05) is 30.7 Å². The van der Waals surface area contributed by atoms with Gasteiger partial charge in [0.25, 0.3) is 5.91 Å². The minimum absolute atomic E-state index is 0.0370. The van der Waals surface area contributed by atoms with E-state index in [2.05, 4.69) is 0 Å². The van der Waals surface area contributed by atoms with Gasteiger partial charge >= 0.3 is 12.1 Å². The highest BCUT2D eigenvalue weighted by Gasteiger charge is 2.59. The van der Waals surface area contributed by atoms with Gasteiger partial charge in [0.05, 0.1) is 5.69 Å². The first kappa shape index (κ1) is 25.6. The van der Waals surface area contributed by atoms with Crippen molar-refractivity contribution in [2.75, 3.05) is 18.6 Å². The van der Waals surface area contributed by atoms with E-state index in [4.69, 9.17) is 21.1 Å². The lowest BCUT2D eigenvalue weighted by Crippen LogP contribution is -2.47. The van der Waals surface area contributed by atoms with Crippen LogP contribution in [0.2, 0.25) is 5.02 Å². The molecule has 184 valence electrons. The highest BCUT2D eigenvalue weighted by atomic mass is 35.5. The monoisotopic (exact) mass is 501 g/mol. The second-order valence-corrected chi connectivity index (χ2v) is 8.92. The normalized spacial score (nSPS) is 16.9. The first-order valence-electron chi connectivity index (χ1n) is 10.1. The number of carbonyl (C=O) groups is 2. The van der Waals surface area contributed by atoms with E-state index in [0.29, 0.717) is 0 Å². The summed E-state index contributed by atoms with van der Waals surface area (Å²) in [6, 6.07) is 7.15. The Bertz CT molecular complexity index is 1140. The average molecular weight is 502 g/mol. The number of carboxylic acid groups (broad SMARTS) is 1. The van der Waals surface area contributed by atoms with Crippen LogP contribution in [-0.4, -0.2) is 47.5 Å². The molecule has 3 rings (SSSR count). The molecule has 0 saturated carbocycles. The smallest absolute Gasteiger partial charge is 0.422 e. The number of carbonyl (C=O) groups excluding carboxylic acids is 1. The fraction of sp³-hybridized carbons (Fsp3) is 0.391. The molecule has 34 heavy (non-hydrogen) atoms. The molecule has 2 atom stereocenters. The molecule has 1 amide bonds. The van der Waals surface area contributed by atoms with Crippen LogP contribution in [-0.2, 0) is 15.2 Å². The third kappa shape index (κ3) is 4.39. The Hall–Kier alpha value is -2.98. The number of aliphatic hydroxyl groups is 1. The topological polar surface area (TPSA) is 96.3 Å². The maximum absolute atomic E-state index is 14.4. The molecule has 2 aromatic carbocycles. The van der Waals surface area contributed by atoms with Crippen molar-refractivity contribution < 1.29 is 42.4 Å². The van der Waals surface area contributed by atoms with Crippen LogP contribution in [0.3, 0.4) is 0 Å². The Morgan fingerprint density at radius 1 is 1.21 bits per heavy atom. The SMILES string of the molecule is C[C@H](c1ccc(OC(C)(C)C(=O)O)cc1Cl)[C@@](O)(c1ccc2c(c1)N(C)C(=O)CO2)C(F)(F)F. The number of likely N-dealkylation sites (N-methyl/N-ethyl adjacent to an activating group) is 1. The van der Waals surface area contributed by atoms with Gasteiger partial charge in [-0.05, 0) is 49.2 Å². The third-order valence-electron chi connectivity index (χ3n) is 5.87. The zero-order valence-electron chi connectivity index (χ0n) is 18.7. The summed E-state index contributed by atoms with van der Waals surface area (Å²) in [7, 11) is 1.40. The molecule has 1 aliphatic heterocycles. The van der Waals surface area contributed by atoms with Crippen LogP contribution in [0.15, 0.2) is 36.4 Å². The molecule has 0 bridgehead atoms. The van der Waals surface area contributed by atoms with E-state index >= 15 is 0 Å². The van der Waals surface area contributed by atoms with Gasteiger partial charge < -0.3 is 24.6 Å². The van der Waals surface area contributed by atoms with Crippen molar-refractivity contribution in [2.45, 2.75) is 44.1 Å². The predicted molar refractivity (Wildman–Crippen MR) is 118 cm³/mol. The molecule has 0 aromatic heterocycles. The van der Waals surface area contributed by atoms with E-state index in [-0.39, 0.29) is 34.4 Å². The van der Waals surface area contributed by atoms with Crippen molar-refractivity contribution in [3.05, 3.63) is 52.5 Å². The van der Waals surface area contributed by atoms with Gasteiger partial charge in [0.2, 0.25) is 0 Å². The van der Waals surface area contributed by atoms with Gasteiger partial charge in [-0.2, -0.15) is 13.2 Å². The molecule has 0 aliphatic carbocycles. The fourth-order valence-corrected chi connectivity index (χ4v) is 3.99. The first-order valence-corrected chi connectivity index (χ1v) is 10.5. The number of fused-ring (bicyclic) bond motifs is 1. The average Bonchev–Trinajstić information content (AvgIpc) is 2.74. The van der Waals surface area contributed by atoms with Gasteiger partial charge in [-0.3, -0.25) is 4.79 Å². The van der Waals surface area contributed by atoms with E-state index in [9.17, 15) is 33.0 Å². The Labute approximate surface area is 198 Å². The number of alkyl halides is 3. The van der Waals surface area contributed by atoms with E-state index in [1.807, 2.05) is 0 Å². The molecular weight excluding hydrogens is 479 g/mol. The first-order chi connectivity index (χ1) is 15.6. The van der Waals surface area contributed by atoms with Crippen molar-refractivity contribution >= 4 is 29.2 Å². The number of amides is 1. The standard InChI is InChI=1S/C23H23ClF3NO6/c1-12(15-7-6-14(10-16(15)24)34-21(2,3)20(30)31)22(32,23(25,26)27)13-5-8-18-17(9-13)28(4)19(29)11-33-18/h5-10,12,32H,11H2,1-4H3,(H,30,31)/t12-,22-/m1/s1. The number of nitrogens with zero attached hydrogens (tertiary/aromatic N) is 1. The van der Waals surface area contributed by atoms with Crippen LogP contribution in [0.5, 0.6) is 11.5 Å². The molecule has 7 nitrogen and oxygen atoms in total. The van der Waals surface area contributed by atoms with Crippen molar-refractivity contribution in [3.8, 4) is 11.5 Å². The third-order valence-corrected chi connectivity index (χ3v) is 6.20. The van der Waals surface area contributed by atoms with Crippen LogP contribution in [0.4, 0.5) is 18.9 Å². The summed E-state index contributed by atoms with van der Waals surface area (Å²) in [5, 5.41) is 20.2. The number of carboxylic acids is 1. The number of anilines is 1. The lowest BCUT2D eigenvalue weighted by atomic mass is 9.77. The maximum atomic E-state index is 14.4. The maximum Gasteiger partial charge on any atom is 0.422 e. The molecule has 0 saturated heterocycles. The lowest BCUT2D eigenvalue weighted by Gasteiger charge is -2.38. The molecule has 2 aromatic rings. The van der Waals surface area contributed by atoms with Crippen LogP contribution in [0, 0.1) is 0 Å². The Morgan fingerprint density at radius 3 is 2.41 bits per heavy atom. The summed E-state index contributed by atoms with van der Waals surface area (Å²) in [6.45, 7) is 3.54. The van der Waals surface area contributed by atoms with Crippen molar-refractivity contribution in [3.63, 3.8) is 0 Å². The van der Waals surface area contributed by atoms with Gasteiger partial charge in [0, 0.05) is 18.0 Å². The highest BCUT2D eigenvalue weighted by molar-refractivity contribution is 6.31. The van der Waals surface area contributed by atoms with Crippen molar-refractivity contribution in [2.24, 2.45) is 0 Å². The van der Waals surface area contributed by atoms with Gasteiger partial charge in [-0.25, -0.2) is 4.79 Å². The number of rotatable bonds is 6. The predicted octanol–water partition coefficient (Wildman–Crippen LogP) is 4.49. The molecule has 0 fully saturated rings. The van der Waals surface area contributed by atoms with E-state index < -0.39 is 40.7 Å². The molecular formula is C23H23ClF3NO6. The zero-order valence-corrected chi connectivity index (χ0v) is 19.5. The Kier molecular flexibility index (Phi) is 6.53. The summed E-state index contributed by atoms with van der Waals surface area (Å²) < 4.78 is 53.7. The van der Waals surface area contributed by atoms with Crippen LogP contribution in [0.25, 0.3) is 0 Å². The largest absolute Gasteiger partial charge is 0.482 e. The summed E-state index contributed by atoms with van der Waals surface area (Å²) >= 11 is 6.26. The molecule has 1 heterocycles. The molecule has 0 spiro atoms. The quantitative estimate of drug-likeness (QED) is 0.605. The molecule has 0 radical (unpaired) electrons. The minimum Gasteiger partial charge on any atom is -0.482 e. The zero-order chi connectivity index (χ0) is 25.6. The number of ether oxygens (including phenoxy) is 2. The highest BCUT2D eigenvalue weighted by Crippen LogP contribution is 2.51. The van der Waals surface area contributed by atoms with Crippen molar-refractivity contribution in [1.82, 2.24) is 0 Å². The minimum atomic E-state index is -5.12. The molecule has 0 unspecified atom stereocenters. The lowest BCUT2D eigenvalue weighted by molar-refractivity contribution is -0.274. The van der Waals surface area contributed by atoms with Crippen LogP contribution >= 0.6 is 11.6 Å². The Morgan fingerprint density at radius 2 is 1.85 bits per heavy atom. The Balaban J connectivity index is 2.06. The number of hydrogen-bond donors (Lipinski definition) is 2. The van der Waals surface area contributed by atoms with Crippen molar-refractivity contribution in [1.29, 1.82) is 0 Å². The summed E-state index contributed by atoms with van der Waals surface area (Å²) in [6.07, 6.45) is -5.12. The second kappa shape index (κ2) is 8.66. The van der Waals surface area contributed by atoms with Gasteiger partial charge in [-0.15, -0.1) is 0 Å². The number of halogens is 4. The number of aliphatic carboxylic acids is 1. The molecule has 11 heteroatoms. The summed E-state index contributed by atoms with van der Waals surface area (Å²) in [5.41, 5.74) is -5.43. The second-order valence-electron chi connectivity index (χ2n) is 8.51. The van der Waals surface area contributed by atoms with Crippen LogP contribution < -0.4 is 14.4 Å². The molecule has 2 N–H and O–H groups in total. The summed E-state index contributed by atoms with van der Waals surface area (Å²) in [5.74, 6) is -3.04. The fourth-order valence-electron chi connectivity index (χ4n) is 3.65. The summed E-state index contributed by atoms with van der Waals surface area (Å²) in [4.78, 5) is 24.4. The van der Waals surface area contributed by atoms with E-state index in [1.54, 1.807) is 0 Å². The van der Waals surface area contributed by atoms with Gasteiger partial charge in [0.1, 0.15) is 11.5 Å².